The van der Waals surface area contributed by atoms with Crippen LogP contribution < -0.4 is 10.6 Å². The number of hydrogen-bond acceptors (Lipinski definition) is 6. The number of nitrogens with zero attached hydrogens (tertiary/aromatic N) is 1. The van der Waals surface area contributed by atoms with Crippen molar-refractivity contribution in [2.24, 2.45) is 5.92 Å². The van der Waals surface area contributed by atoms with Crippen molar-refractivity contribution in [3.8, 4) is 11.1 Å². The van der Waals surface area contributed by atoms with Crippen LogP contribution >= 0.6 is 0 Å². The first-order valence-electron chi connectivity index (χ1n) is 11.4. The zero-order valence-electron chi connectivity index (χ0n) is 19.5. The van der Waals surface area contributed by atoms with Gasteiger partial charge in [0.05, 0.1) is 11.3 Å². The van der Waals surface area contributed by atoms with Crippen LogP contribution in [0.15, 0.2) is 59.1 Å². The third-order valence-corrected chi connectivity index (χ3v) is 5.94. The highest BCUT2D eigenvalue weighted by atomic mass is 16.6. The highest BCUT2D eigenvalue weighted by Crippen LogP contribution is 2.34. The maximum atomic E-state index is 12.6. The van der Waals surface area contributed by atoms with Gasteiger partial charge in [0.25, 0.3) is 5.91 Å². The van der Waals surface area contributed by atoms with E-state index in [1.54, 1.807) is 38.1 Å². The van der Waals surface area contributed by atoms with Crippen molar-refractivity contribution in [2.75, 3.05) is 5.32 Å². The molecule has 1 saturated carbocycles. The Morgan fingerprint density at radius 1 is 1.11 bits per heavy atom. The van der Waals surface area contributed by atoms with E-state index in [1.807, 2.05) is 30.3 Å². The van der Waals surface area contributed by atoms with E-state index in [1.165, 1.54) is 0 Å². The smallest absolute Gasteiger partial charge is 0.414 e. The predicted molar refractivity (Wildman–Crippen MR) is 128 cm³/mol. The number of nitrogens with one attached hydrogen (secondary N) is 2. The van der Waals surface area contributed by atoms with Gasteiger partial charge >= 0.3 is 12.1 Å². The van der Waals surface area contributed by atoms with Crippen molar-refractivity contribution in [1.29, 1.82) is 0 Å². The molecule has 1 aromatic heterocycles. The molecule has 9 nitrogen and oxygen atoms in total. The summed E-state index contributed by atoms with van der Waals surface area (Å²) in [5.74, 6) is -1.00. The molecular weight excluding hydrogens is 450 g/mol. The van der Waals surface area contributed by atoms with Crippen molar-refractivity contribution in [1.82, 2.24) is 10.5 Å². The van der Waals surface area contributed by atoms with Crippen LogP contribution in [-0.2, 0) is 9.53 Å². The molecule has 3 aromatic rings. The molecule has 0 saturated heterocycles. The summed E-state index contributed by atoms with van der Waals surface area (Å²) in [5, 5.41) is 18.5. The Hall–Kier alpha value is -4.14. The standard InChI is InChI=1S/C26H27N3O6/c1-15-22(24(35-29-15)28-26(33)34-16(2)18-6-4-3-5-7-18)19-10-12-20(13-11-19)23(30)27-21(25(31)32)14-17-8-9-17/h3-7,10-13,16-17,21H,8-9,14H2,1-2H3,(H,27,30)(H,28,33)(H,31,32). The lowest BCUT2D eigenvalue weighted by Gasteiger charge is -2.14. The molecule has 1 aliphatic rings. The molecule has 9 heteroatoms. The molecule has 0 radical (unpaired) electrons. The third kappa shape index (κ3) is 6.06. The van der Waals surface area contributed by atoms with Crippen LogP contribution in [0.1, 0.15) is 53.9 Å². The van der Waals surface area contributed by atoms with Crippen molar-refractivity contribution < 1.29 is 28.8 Å². The molecule has 1 heterocycles. The molecule has 3 N–H and O–H groups in total. The van der Waals surface area contributed by atoms with E-state index >= 15 is 0 Å². The van der Waals surface area contributed by atoms with Gasteiger partial charge in [-0.05, 0) is 49.4 Å². The molecule has 1 aliphatic carbocycles. The molecule has 4 rings (SSSR count). The summed E-state index contributed by atoms with van der Waals surface area (Å²) in [7, 11) is 0. The molecule has 0 bridgehead atoms. The molecule has 1 fully saturated rings. The van der Waals surface area contributed by atoms with Gasteiger partial charge < -0.3 is 19.7 Å². The van der Waals surface area contributed by atoms with E-state index in [2.05, 4.69) is 15.8 Å². The Balaban J connectivity index is 1.43. The van der Waals surface area contributed by atoms with Crippen LogP contribution in [0.3, 0.4) is 0 Å². The number of benzene rings is 2. The van der Waals surface area contributed by atoms with Gasteiger partial charge in [0.2, 0.25) is 5.88 Å². The highest BCUT2D eigenvalue weighted by Gasteiger charge is 2.30. The van der Waals surface area contributed by atoms with Crippen LogP contribution in [0.2, 0.25) is 0 Å². The van der Waals surface area contributed by atoms with E-state index in [0.29, 0.717) is 34.7 Å². The van der Waals surface area contributed by atoms with Crippen molar-refractivity contribution in [3.63, 3.8) is 0 Å². The van der Waals surface area contributed by atoms with Gasteiger partial charge in [-0.3, -0.25) is 10.1 Å². The van der Waals surface area contributed by atoms with Crippen LogP contribution in [0.25, 0.3) is 11.1 Å². The van der Waals surface area contributed by atoms with Gasteiger partial charge in [0.1, 0.15) is 12.1 Å². The number of hydrogen-bond donors (Lipinski definition) is 3. The second-order valence-corrected chi connectivity index (χ2v) is 8.68. The number of carboxylic acid groups (broad SMARTS) is 1. The summed E-state index contributed by atoms with van der Waals surface area (Å²) < 4.78 is 10.7. The van der Waals surface area contributed by atoms with Crippen molar-refractivity contribution >= 4 is 23.9 Å². The second kappa shape index (κ2) is 10.4. The summed E-state index contributed by atoms with van der Waals surface area (Å²) in [6.45, 7) is 3.50. The van der Waals surface area contributed by atoms with E-state index in [9.17, 15) is 19.5 Å². The minimum absolute atomic E-state index is 0.125. The van der Waals surface area contributed by atoms with Gasteiger partial charge in [-0.25, -0.2) is 9.59 Å². The number of carbonyl (C=O) groups excluding carboxylic acids is 2. The first-order valence-corrected chi connectivity index (χ1v) is 11.4. The van der Waals surface area contributed by atoms with Crippen molar-refractivity contribution in [2.45, 2.75) is 45.3 Å². The molecule has 2 unspecified atom stereocenters. The number of aromatic nitrogens is 1. The van der Waals surface area contributed by atoms with Gasteiger partial charge in [-0.1, -0.05) is 60.5 Å². The number of rotatable bonds is 9. The maximum absolute atomic E-state index is 12.6. The summed E-state index contributed by atoms with van der Waals surface area (Å²) in [6.07, 6.45) is 1.29. The Labute approximate surface area is 202 Å². The lowest BCUT2D eigenvalue weighted by Crippen LogP contribution is -2.41. The Kier molecular flexibility index (Phi) is 7.14. The average Bonchev–Trinajstić information content (AvgIpc) is 3.60. The molecule has 0 spiro atoms. The topological polar surface area (TPSA) is 131 Å². The third-order valence-electron chi connectivity index (χ3n) is 5.94. The van der Waals surface area contributed by atoms with Gasteiger partial charge in [0, 0.05) is 5.56 Å². The first-order chi connectivity index (χ1) is 16.8. The van der Waals surface area contributed by atoms with E-state index in [4.69, 9.17) is 9.26 Å². The Bertz CT molecular complexity index is 1200. The molecule has 2 aromatic carbocycles. The van der Waals surface area contributed by atoms with Crippen LogP contribution in [0.4, 0.5) is 10.7 Å². The molecule has 2 atom stereocenters. The summed E-state index contributed by atoms with van der Waals surface area (Å²) in [6, 6.07) is 15.0. The fourth-order valence-electron chi connectivity index (χ4n) is 3.81. The lowest BCUT2D eigenvalue weighted by molar-refractivity contribution is -0.139. The number of carboxylic acids is 1. The lowest BCUT2D eigenvalue weighted by atomic mass is 10.0. The highest BCUT2D eigenvalue weighted by molar-refractivity contribution is 5.97. The van der Waals surface area contributed by atoms with E-state index in [0.717, 1.165) is 18.4 Å². The Morgan fingerprint density at radius 3 is 2.43 bits per heavy atom. The molecule has 0 aliphatic heterocycles. The Morgan fingerprint density at radius 2 is 1.80 bits per heavy atom. The monoisotopic (exact) mass is 477 g/mol. The fraction of sp³-hybridized carbons (Fsp3) is 0.308. The number of ether oxygens (including phenoxy) is 1. The largest absolute Gasteiger partial charge is 0.480 e. The normalized spacial score (nSPS) is 14.6. The maximum Gasteiger partial charge on any atom is 0.414 e. The van der Waals surface area contributed by atoms with Crippen molar-refractivity contribution in [3.05, 3.63) is 71.4 Å². The van der Waals surface area contributed by atoms with Crippen LogP contribution in [-0.4, -0.2) is 34.3 Å². The number of aryl methyl sites for hydroxylation is 1. The number of anilines is 1. The molecule has 2 amide bonds. The summed E-state index contributed by atoms with van der Waals surface area (Å²) in [5.41, 5.74) is 2.95. The zero-order chi connectivity index (χ0) is 24.9. The average molecular weight is 478 g/mol. The van der Waals surface area contributed by atoms with Crippen LogP contribution in [0, 0.1) is 12.8 Å². The van der Waals surface area contributed by atoms with E-state index in [-0.39, 0.29) is 5.88 Å². The molecule has 35 heavy (non-hydrogen) atoms. The van der Waals surface area contributed by atoms with Crippen LogP contribution in [0.5, 0.6) is 0 Å². The fourth-order valence-corrected chi connectivity index (χ4v) is 3.81. The number of carbonyl (C=O) groups is 3. The zero-order valence-corrected chi connectivity index (χ0v) is 19.5. The summed E-state index contributed by atoms with van der Waals surface area (Å²) in [4.78, 5) is 36.5. The predicted octanol–water partition coefficient (Wildman–Crippen LogP) is 4.94. The number of amides is 2. The van der Waals surface area contributed by atoms with Gasteiger partial charge in [-0.2, -0.15) is 0 Å². The number of aliphatic carboxylic acids is 1. The summed E-state index contributed by atoms with van der Waals surface area (Å²) >= 11 is 0. The van der Waals surface area contributed by atoms with Gasteiger partial charge in [-0.15, -0.1) is 0 Å². The SMILES string of the molecule is Cc1noc(NC(=O)OC(C)c2ccccc2)c1-c1ccc(C(=O)NC(CC2CC2)C(=O)O)cc1. The minimum atomic E-state index is -1.04. The van der Waals surface area contributed by atoms with Gasteiger partial charge in [0.15, 0.2) is 0 Å². The quantitative estimate of drug-likeness (QED) is 0.398. The van der Waals surface area contributed by atoms with E-state index < -0.39 is 30.1 Å². The second-order valence-electron chi connectivity index (χ2n) is 8.68. The minimum Gasteiger partial charge on any atom is -0.480 e. The first kappa shape index (κ1) is 24.0. The molecular formula is C26H27N3O6. The molecule has 182 valence electrons.